The first-order chi connectivity index (χ1) is 11.2. The highest BCUT2D eigenvalue weighted by Crippen LogP contribution is 2.25. The van der Waals surface area contributed by atoms with Crippen LogP contribution >= 0.6 is 23.4 Å². The molecule has 0 aliphatic heterocycles. The van der Waals surface area contributed by atoms with Gasteiger partial charge in [-0.3, -0.25) is 0 Å². The molecule has 0 aromatic heterocycles. The van der Waals surface area contributed by atoms with Gasteiger partial charge in [0.25, 0.3) is 0 Å². The molecule has 0 radical (unpaired) electrons. The Morgan fingerprint density at radius 3 is 2.12 bits per heavy atom. The van der Waals surface area contributed by atoms with Crippen LogP contribution in [0.1, 0.15) is 0 Å². The second-order valence-electron chi connectivity index (χ2n) is 4.64. The fourth-order valence-electron chi connectivity index (χ4n) is 1.77. The van der Waals surface area contributed by atoms with E-state index in [0.29, 0.717) is 10.8 Å². The van der Waals surface area contributed by atoms with Gasteiger partial charge in [0.15, 0.2) is 9.84 Å². The van der Waals surface area contributed by atoms with Crippen LogP contribution in [0.25, 0.3) is 0 Å². The van der Waals surface area contributed by atoms with E-state index >= 15 is 0 Å². The number of rotatable bonds is 6. The molecule has 24 heavy (non-hydrogen) atoms. The zero-order valence-electron chi connectivity index (χ0n) is 12.1. The highest BCUT2D eigenvalue weighted by atomic mass is 35.5. The molecule has 0 unspecified atom stereocenters. The molecule has 0 aliphatic carbocycles. The molecule has 0 heterocycles. The van der Waals surface area contributed by atoms with Gasteiger partial charge in [-0.2, -0.15) is 0 Å². The first-order valence-electron chi connectivity index (χ1n) is 6.63. The molecule has 2 aromatic carbocycles. The van der Waals surface area contributed by atoms with Gasteiger partial charge in [0.1, 0.15) is 5.75 Å². The van der Waals surface area contributed by atoms with Crippen LogP contribution < -0.4 is 4.74 Å². The van der Waals surface area contributed by atoms with Crippen LogP contribution in [0.3, 0.4) is 0 Å². The predicted octanol–water partition coefficient (Wildman–Crippen LogP) is 4.80. The van der Waals surface area contributed by atoms with E-state index in [1.165, 1.54) is 11.8 Å². The first kappa shape index (κ1) is 19.0. The van der Waals surface area contributed by atoms with Crippen molar-refractivity contribution in [3.8, 4) is 5.75 Å². The lowest BCUT2D eigenvalue weighted by Crippen LogP contribution is -2.17. The van der Waals surface area contributed by atoms with Crippen molar-refractivity contribution in [1.82, 2.24) is 0 Å². The minimum absolute atomic E-state index is 0.0475. The molecule has 0 saturated heterocycles. The SMILES string of the molecule is O=S(=O)(CCSc1ccc(Cl)cc1)c1ccc(OC(F)(F)F)cc1. The van der Waals surface area contributed by atoms with Gasteiger partial charge in [-0.05, 0) is 48.5 Å². The number of sulfone groups is 1. The van der Waals surface area contributed by atoms with Gasteiger partial charge in [0.2, 0.25) is 0 Å². The van der Waals surface area contributed by atoms with E-state index in [1.54, 1.807) is 24.3 Å². The van der Waals surface area contributed by atoms with E-state index in [9.17, 15) is 21.6 Å². The van der Waals surface area contributed by atoms with Crippen LogP contribution in [0.2, 0.25) is 5.02 Å². The summed E-state index contributed by atoms with van der Waals surface area (Å²) in [5.41, 5.74) is 0. The molecule has 0 spiro atoms. The maximum Gasteiger partial charge on any atom is 0.573 e. The topological polar surface area (TPSA) is 43.4 Å². The van der Waals surface area contributed by atoms with Gasteiger partial charge in [-0.15, -0.1) is 24.9 Å². The Bertz CT molecular complexity index is 773. The molecule has 0 fully saturated rings. The highest BCUT2D eigenvalue weighted by molar-refractivity contribution is 8.00. The molecule has 0 aliphatic rings. The number of thioether (sulfide) groups is 1. The Kier molecular flexibility index (Phi) is 6.06. The van der Waals surface area contributed by atoms with Crippen LogP contribution in [0.4, 0.5) is 13.2 Å². The molecule has 3 nitrogen and oxygen atoms in total. The summed E-state index contributed by atoms with van der Waals surface area (Å²) in [6.07, 6.45) is -4.81. The smallest absolute Gasteiger partial charge is 0.406 e. The third kappa shape index (κ3) is 5.92. The molecule has 0 atom stereocenters. The quantitative estimate of drug-likeness (QED) is 0.657. The lowest BCUT2D eigenvalue weighted by molar-refractivity contribution is -0.274. The molecule has 0 N–H and O–H groups in total. The summed E-state index contributed by atoms with van der Waals surface area (Å²) in [6.45, 7) is 0. The normalized spacial score (nSPS) is 12.2. The summed E-state index contributed by atoms with van der Waals surface area (Å²) in [7, 11) is -3.58. The average Bonchev–Trinajstić information content (AvgIpc) is 2.48. The fourth-order valence-corrected chi connectivity index (χ4v) is 4.45. The monoisotopic (exact) mass is 396 g/mol. The minimum atomic E-state index is -4.81. The number of halogens is 4. The minimum Gasteiger partial charge on any atom is -0.406 e. The lowest BCUT2D eigenvalue weighted by Gasteiger charge is -2.09. The standard InChI is InChI=1S/C15H12ClF3O3S2/c16-11-1-5-13(6-2-11)23-9-10-24(20,21)14-7-3-12(4-8-14)22-15(17,18)19/h1-8H,9-10H2. The Morgan fingerprint density at radius 1 is 1.00 bits per heavy atom. The lowest BCUT2D eigenvalue weighted by atomic mass is 10.3. The van der Waals surface area contributed by atoms with Crippen LogP contribution in [0.5, 0.6) is 5.75 Å². The summed E-state index contributed by atoms with van der Waals surface area (Å²) in [6, 6.07) is 11.1. The Labute approximate surface area is 146 Å². The average molecular weight is 397 g/mol. The Hall–Kier alpha value is -1.38. The van der Waals surface area contributed by atoms with Gasteiger partial charge in [-0.25, -0.2) is 8.42 Å². The third-order valence-corrected chi connectivity index (χ3v) is 6.11. The number of benzene rings is 2. The van der Waals surface area contributed by atoms with Crippen molar-refractivity contribution in [3.05, 3.63) is 53.6 Å². The number of hydrogen-bond donors (Lipinski definition) is 0. The van der Waals surface area contributed by atoms with Gasteiger partial charge in [0.05, 0.1) is 10.6 Å². The fraction of sp³-hybridized carbons (Fsp3) is 0.200. The zero-order valence-corrected chi connectivity index (χ0v) is 14.5. The summed E-state index contributed by atoms with van der Waals surface area (Å²) in [5.74, 6) is -0.290. The van der Waals surface area contributed by atoms with Gasteiger partial charge in [-0.1, -0.05) is 11.6 Å². The second kappa shape index (κ2) is 7.67. The molecule has 0 saturated carbocycles. The van der Waals surface area contributed by atoms with E-state index in [1.807, 2.05) is 0 Å². The molecule has 0 bridgehead atoms. The Balaban J connectivity index is 1.95. The summed E-state index contributed by atoms with van der Waals surface area (Å²) < 4.78 is 64.3. The first-order valence-corrected chi connectivity index (χ1v) is 9.64. The van der Waals surface area contributed by atoms with Crippen LogP contribution in [-0.4, -0.2) is 26.3 Å². The van der Waals surface area contributed by atoms with Crippen molar-refractivity contribution in [2.75, 3.05) is 11.5 Å². The van der Waals surface area contributed by atoms with E-state index in [2.05, 4.69) is 4.74 Å². The molecule has 0 amide bonds. The van der Waals surface area contributed by atoms with Gasteiger partial charge >= 0.3 is 6.36 Å². The van der Waals surface area contributed by atoms with Crippen LogP contribution in [-0.2, 0) is 9.84 Å². The molecular weight excluding hydrogens is 385 g/mol. The van der Waals surface area contributed by atoms with Crippen molar-refractivity contribution >= 4 is 33.2 Å². The highest BCUT2D eigenvalue weighted by Gasteiger charge is 2.31. The van der Waals surface area contributed by atoms with E-state index in [4.69, 9.17) is 11.6 Å². The largest absolute Gasteiger partial charge is 0.573 e. The van der Waals surface area contributed by atoms with Crippen molar-refractivity contribution < 1.29 is 26.3 Å². The molecule has 130 valence electrons. The van der Waals surface area contributed by atoms with E-state index in [-0.39, 0.29) is 10.6 Å². The zero-order chi connectivity index (χ0) is 17.8. The van der Waals surface area contributed by atoms with Crippen molar-refractivity contribution in [3.63, 3.8) is 0 Å². The number of alkyl halides is 3. The maximum absolute atomic E-state index is 12.2. The molecule has 2 rings (SSSR count). The second-order valence-corrected chi connectivity index (χ2v) is 8.35. The van der Waals surface area contributed by atoms with Crippen LogP contribution in [0, 0.1) is 0 Å². The third-order valence-electron chi connectivity index (χ3n) is 2.85. The molecular formula is C15H12ClF3O3S2. The van der Waals surface area contributed by atoms with Crippen LogP contribution in [0.15, 0.2) is 58.3 Å². The van der Waals surface area contributed by atoms with Crippen molar-refractivity contribution in [2.24, 2.45) is 0 Å². The summed E-state index contributed by atoms with van der Waals surface area (Å²) in [4.78, 5) is 0.831. The van der Waals surface area contributed by atoms with Gasteiger partial charge in [0, 0.05) is 15.7 Å². The molecule has 9 heteroatoms. The molecule has 2 aromatic rings. The summed E-state index contributed by atoms with van der Waals surface area (Å²) >= 11 is 7.12. The van der Waals surface area contributed by atoms with Crippen molar-refractivity contribution in [2.45, 2.75) is 16.2 Å². The van der Waals surface area contributed by atoms with Gasteiger partial charge < -0.3 is 4.74 Å². The number of hydrogen-bond acceptors (Lipinski definition) is 4. The summed E-state index contributed by atoms with van der Waals surface area (Å²) in [5, 5.41) is 0.591. The van der Waals surface area contributed by atoms with Crippen molar-refractivity contribution in [1.29, 1.82) is 0 Å². The van der Waals surface area contributed by atoms with E-state index < -0.39 is 21.9 Å². The Morgan fingerprint density at radius 2 is 1.58 bits per heavy atom. The predicted molar refractivity (Wildman–Crippen MR) is 87.4 cm³/mol. The van der Waals surface area contributed by atoms with E-state index in [0.717, 1.165) is 29.2 Å². The maximum atomic E-state index is 12.2. The number of ether oxygens (including phenoxy) is 1.